The van der Waals surface area contributed by atoms with Gasteiger partial charge in [0.15, 0.2) is 0 Å². The summed E-state index contributed by atoms with van der Waals surface area (Å²) in [7, 11) is -4.16. The molecule has 4 aromatic carbocycles. The number of aryl methyl sites for hydroxylation is 4. The van der Waals surface area contributed by atoms with Gasteiger partial charge >= 0.3 is 0 Å². The van der Waals surface area contributed by atoms with Crippen molar-refractivity contribution in [2.45, 2.75) is 89.7 Å². The Morgan fingerprint density at radius 3 is 2.00 bits per heavy atom. The first-order valence-corrected chi connectivity index (χ1v) is 18.3. The van der Waals surface area contributed by atoms with Crippen molar-refractivity contribution in [1.29, 1.82) is 0 Å². The highest BCUT2D eigenvalue weighted by Crippen LogP contribution is 2.29. The van der Waals surface area contributed by atoms with E-state index in [9.17, 15) is 18.0 Å². The zero-order valence-corrected chi connectivity index (χ0v) is 29.3. The lowest BCUT2D eigenvalue weighted by atomic mass is 9.94. The summed E-state index contributed by atoms with van der Waals surface area (Å²) >= 11 is 0. The fourth-order valence-corrected chi connectivity index (χ4v) is 7.80. The van der Waals surface area contributed by atoms with Gasteiger partial charge < -0.3 is 10.2 Å². The van der Waals surface area contributed by atoms with Gasteiger partial charge in [-0.2, -0.15) is 0 Å². The van der Waals surface area contributed by atoms with Crippen molar-refractivity contribution >= 4 is 27.5 Å². The van der Waals surface area contributed by atoms with E-state index in [0.717, 1.165) is 65.5 Å². The monoisotopic (exact) mass is 665 g/mol. The average Bonchev–Trinajstić information content (AvgIpc) is 3.08. The molecule has 0 heterocycles. The summed E-state index contributed by atoms with van der Waals surface area (Å²) in [5.41, 5.74) is 5.82. The van der Waals surface area contributed by atoms with E-state index in [2.05, 4.69) is 5.32 Å². The number of nitrogens with one attached hydrogen (secondary N) is 1. The summed E-state index contributed by atoms with van der Waals surface area (Å²) in [5, 5.41) is 3.27. The Hall–Kier alpha value is -4.43. The van der Waals surface area contributed by atoms with Crippen LogP contribution in [-0.2, 0) is 32.6 Å². The van der Waals surface area contributed by atoms with Crippen LogP contribution in [0.5, 0.6) is 0 Å². The summed E-state index contributed by atoms with van der Waals surface area (Å²) < 4.78 is 30.0. The van der Waals surface area contributed by atoms with Crippen LogP contribution >= 0.6 is 0 Å². The standard InChI is InChI=1S/C40H47N3O4S/c1-29-16-21-34(22-17-29)27-42(38(26-33-11-7-5-8-12-33)40(45)41-35-13-9-6-10-14-35)39(44)28-43(37-25-31(3)15-20-32(37)4)48(46,47)36-23-18-30(2)19-24-36/h5,7-8,11-12,15-25,35,38H,6,9-10,13-14,26-28H2,1-4H3,(H,41,45). The van der Waals surface area contributed by atoms with E-state index in [1.807, 2.05) is 94.4 Å². The average molecular weight is 666 g/mol. The number of hydrogen-bond acceptors (Lipinski definition) is 4. The highest BCUT2D eigenvalue weighted by molar-refractivity contribution is 7.92. The third-order valence-electron chi connectivity index (χ3n) is 9.22. The molecule has 1 N–H and O–H groups in total. The Bertz CT molecular complexity index is 1800. The maximum absolute atomic E-state index is 14.8. The van der Waals surface area contributed by atoms with Crippen LogP contribution in [0.15, 0.2) is 102 Å². The van der Waals surface area contributed by atoms with Crippen molar-refractivity contribution in [3.05, 3.63) is 130 Å². The molecule has 7 nitrogen and oxygen atoms in total. The third-order valence-corrected chi connectivity index (χ3v) is 11.0. The van der Waals surface area contributed by atoms with Crippen molar-refractivity contribution in [2.75, 3.05) is 10.8 Å². The van der Waals surface area contributed by atoms with Crippen LogP contribution in [0.2, 0.25) is 0 Å². The van der Waals surface area contributed by atoms with Crippen molar-refractivity contribution in [2.24, 2.45) is 0 Å². The number of anilines is 1. The number of carbonyl (C=O) groups is 2. The van der Waals surface area contributed by atoms with Gasteiger partial charge in [0.1, 0.15) is 12.6 Å². The minimum absolute atomic E-state index is 0.0502. The first-order chi connectivity index (χ1) is 23.0. The normalized spacial score (nSPS) is 14.2. The third kappa shape index (κ3) is 8.72. The highest BCUT2D eigenvalue weighted by Gasteiger charge is 2.36. The molecule has 4 aromatic rings. The molecule has 1 aliphatic rings. The summed E-state index contributed by atoms with van der Waals surface area (Å²) in [6, 6.07) is 29.0. The molecule has 1 unspecified atom stereocenters. The number of nitrogens with zero attached hydrogens (tertiary/aromatic N) is 2. The lowest BCUT2D eigenvalue weighted by Gasteiger charge is -2.35. The molecular weight excluding hydrogens is 619 g/mol. The molecule has 0 radical (unpaired) electrons. The van der Waals surface area contributed by atoms with E-state index < -0.39 is 28.5 Å². The Kier molecular flexibility index (Phi) is 11.4. The molecule has 5 rings (SSSR count). The Morgan fingerprint density at radius 2 is 1.35 bits per heavy atom. The van der Waals surface area contributed by atoms with Gasteiger partial charge in [0, 0.05) is 19.0 Å². The SMILES string of the molecule is Cc1ccc(CN(C(=O)CN(c2cc(C)ccc2C)S(=O)(=O)c2ccc(C)cc2)C(Cc2ccccc2)C(=O)NC2CCCCC2)cc1. The van der Waals surface area contributed by atoms with Crippen LogP contribution in [-0.4, -0.2) is 43.8 Å². The van der Waals surface area contributed by atoms with Gasteiger partial charge in [0.05, 0.1) is 10.6 Å². The van der Waals surface area contributed by atoms with E-state index in [-0.39, 0.29) is 23.4 Å². The maximum atomic E-state index is 14.8. The van der Waals surface area contributed by atoms with Crippen LogP contribution in [0.25, 0.3) is 0 Å². The van der Waals surface area contributed by atoms with Gasteiger partial charge in [0.25, 0.3) is 10.0 Å². The molecule has 252 valence electrons. The number of sulfonamides is 1. The van der Waals surface area contributed by atoms with Crippen LogP contribution in [0, 0.1) is 27.7 Å². The fourth-order valence-electron chi connectivity index (χ4n) is 6.33. The minimum Gasteiger partial charge on any atom is -0.352 e. The molecule has 0 bridgehead atoms. The summed E-state index contributed by atoms with van der Waals surface area (Å²) in [6.45, 7) is 7.33. The Labute approximate surface area is 286 Å². The molecule has 2 amide bonds. The smallest absolute Gasteiger partial charge is 0.264 e. The van der Waals surface area contributed by atoms with Crippen molar-refractivity contribution in [3.63, 3.8) is 0 Å². The molecule has 1 saturated carbocycles. The van der Waals surface area contributed by atoms with Crippen LogP contribution in [0.1, 0.15) is 65.5 Å². The second kappa shape index (κ2) is 15.6. The largest absolute Gasteiger partial charge is 0.352 e. The molecule has 0 saturated heterocycles. The van der Waals surface area contributed by atoms with E-state index in [1.165, 1.54) is 4.31 Å². The number of benzene rings is 4. The molecule has 1 fully saturated rings. The van der Waals surface area contributed by atoms with Gasteiger partial charge in [-0.05, 0) is 81.0 Å². The van der Waals surface area contributed by atoms with Crippen LogP contribution < -0.4 is 9.62 Å². The number of rotatable bonds is 12. The summed E-state index contributed by atoms with van der Waals surface area (Å²) in [4.78, 5) is 30.8. The van der Waals surface area contributed by atoms with Gasteiger partial charge in [-0.3, -0.25) is 13.9 Å². The minimum atomic E-state index is -4.16. The van der Waals surface area contributed by atoms with Gasteiger partial charge in [-0.1, -0.05) is 109 Å². The quantitative estimate of drug-likeness (QED) is 0.173. The summed E-state index contributed by atoms with van der Waals surface area (Å²) in [6.07, 6.45) is 5.38. The van der Waals surface area contributed by atoms with Gasteiger partial charge in [-0.25, -0.2) is 8.42 Å². The lowest BCUT2D eigenvalue weighted by Crippen LogP contribution is -2.55. The van der Waals surface area contributed by atoms with Crippen molar-refractivity contribution in [3.8, 4) is 0 Å². The molecule has 8 heteroatoms. The second-order valence-electron chi connectivity index (χ2n) is 13.2. The fraction of sp³-hybridized carbons (Fsp3) is 0.350. The highest BCUT2D eigenvalue weighted by atomic mass is 32.2. The van der Waals surface area contributed by atoms with E-state index in [1.54, 1.807) is 35.2 Å². The molecule has 1 aliphatic carbocycles. The molecule has 0 aliphatic heterocycles. The molecular formula is C40H47N3O4S. The zero-order chi connectivity index (χ0) is 34.3. The van der Waals surface area contributed by atoms with E-state index in [0.29, 0.717) is 12.1 Å². The van der Waals surface area contributed by atoms with Crippen molar-refractivity contribution in [1.82, 2.24) is 10.2 Å². The lowest BCUT2D eigenvalue weighted by molar-refractivity contribution is -0.140. The maximum Gasteiger partial charge on any atom is 0.264 e. The topological polar surface area (TPSA) is 86.8 Å². The number of hydrogen-bond donors (Lipinski definition) is 1. The first-order valence-electron chi connectivity index (χ1n) is 16.9. The number of amides is 2. The Morgan fingerprint density at radius 1 is 0.750 bits per heavy atom. The molecule has 0 aromatic heterocycles. The molecule has 48 heavy (non-hydrogen) atoms. The van der Waals surface area contributed by atoms with Gasteiger partial charge in [-0.15, -0.1) is 0 Å². The number of carbonyl (C=O) groups excluding carboxylic acids is 2. The van der Waals surface area contributed by atoms with Crippen molar-refractivity contribution < 1.29 is 18.0 Å². The predicted molar refractivity (Wildman–Crippen MR) is 192 cm³/mol. The van der Waals surface area contributed by atoms with E-state index >= 15 is 0 Å². The second-order valence-corrected chi connectivity index (χ2v) is 15.0. The Balaban J connectivity index is 1.58. The molecule has 1 atom stereocenters. The van der Waals surface area contributed by atoms with E-state index in [4.69, 9.17) is 0 Å². The first kappa shape index (κ1) is 34.9. The predicted octanol–water partition coefficient (Wildman–Crippen LogP) is 7.20. The zero-order valence-electron chi connectivity index (χ0n) is 28.5. The van der Waals surface area contributed by atoms with Gasteiger partial charge in [0.2, 0.25) is 11.8 Å². The van der Waals surface area contributed by atoms with Crippen LogP contribution in [0.3, 0.4) is 0 Å². The molecule has 0 spiro atoms. The van der Waals surface area contributed by atoms with Crippen LogP contribution in [0.4, 0.5) is 5.69 Å². The summed E-state index contributed by atoms with van der Waals surface area (Å²) in [5.74, 6) is -0.669.